The first-order valence-corrected chi connectivity index (χ1v) is 9.64. The highest BCUT2D eigenvalue weighted by Crippen LogP contribution is 2.28. The highest BCUT2D eigenvalue weighted by atomic mass is 32.1. The summed E-state index contributed by atoms with van der Waals surface area (Å²) in [5, 5.41) is 2.69. The SMILES string of the molecule is COc1cnc(CNC(=O)c2sc3c(=O)[nH]c(-c4ccccn4)nc3c2C)[nH]c1=O. The molecule has 0 aliphatic heterocycles. The van der Waals surface area contributed by atoms with Crippen molar-refractivity contribution in [3.63, 3.8) is 0 Å². The van der Waals surface area contributed by atoms with E-state index >= 15 is 0 Å². The molecule has 0 bridgehead atoms. The molecule has 152 valence electrons. The lowest BCUT2D eigenvalue weighted by Crippen LogP contribution is -2.25. The number of fused-ring (bicyclic) bond motifs is 1. The Labute approximate surface area is 173 Å². The smallest absolute Gasteiger partial charge is 0.293 e. The standard InChI is InChI=1S/C19H16N6O4S/c1-9-13-15(19(28)25-16(24-13)10-5-3-4-6-20-10)30-14(9)18(27)22-8-12-21-7-11(29-2)17(26)23-12/h3-7H,8H2,1-2H3,(H,22,27)(H,21,23,26)(H,24,25,28). The van der Waals surface area contributed by atoms with Crippen molar-refractivity contribution in [2.75, 3.05) is 7.11 Å². The molecule has 0 spiro atoms. The van der Waals surface area contributed by atoms with Crippen LogP contribution in [0.4, 0.5) is 0 Å². The Hall–Kier alpha value is -3.86. The molecule has 0 radical (unpaired) electrons. The van der Waals surface area contributed by atoms with Crippen molar-refractivity contribution in [3.05, 3.63) is 67.6 Å². The number of aryl methyl sites for hydroxylation is 1. The van der Waals surface area contributed by atoms with E-state index in [0.717, 1.165) is 11.3 Å². The second kappa shape index (κ2) is 7.87. The first-order valence-electron chi connectivity index (χ1n) is 8.83. The molecule has 0 saturated heterocycles. The van der Waals surface area contributed by atoms with Gasteiger partial charge in [-0.3, -0.25) is 19.4 Å². The molecular formula is C19H16N6O4S. The van der Waals surface area contributed by atoms with E-state index in [1.165, 1.54) is 13.3 Å². The lowest BCUT2D eigenvalue weighted by molar-refractivity contribution is 0.0953. The van der Waals surface area contributed by atoms with Gasteiger partial charge >= 0.3 is 0 Å². The Kier molecular flexibility index (Phi) is 5.11. The van der Waals surface area contributed by atoms with Gasteiger partial charge in [0.25, 0.3) is 17.0 Å². The zero-order valence-corrected chi connectivity index (χ0v) is 16.8. The van der Waals surface area contributed by atoms with Crippen LogP contribution in [0, 0.1) is 6.92 Å². The van der Waals surface area contributed by atoms with E-state index in [-0.39, 0.29) is 23.7 Å². The Morgan fingerprint density at radius 2 is 2.03 bits per heavy atom. The maximum absolute atomic E-state index is 12.7. The summed E-state index contributed by atoms with van der Waals surface area (Å²) in [6.45, 7) is 1.74. The highest BCUT2D eigenvalue weighted by molar-refractivity contribution is 7.21. The number of carbonyl (C=O) groups excluding carboxylic acids is 1. The number of hydrogen-bond acceptors (Lipinski definition) is 8. The molecule has 0 saturated carbocycles. The van der Waals surface area contributed by atoms with E-state index in [2.05, 4.69) is 30.2 Å². The molecule has 4 aromatic rings. The fraction of sp³-hybridized carbons (Fsp3) is 0.158. The van der Waals surface area contributed by atoms with Crippen LogP contribution in [-0.2, 0) is 6.54 Å². The summed E-state index contributed by atoms with van der Waals surface area (Å²) in [5.41, 5.74) is 0.793. The van der Waals surface area contributed by atoms with Gasteiger partial charge in [-0.05, 0) is 24.6 Å². The van der Waals surface area contributed by atoms with Gasteiger partial charge in [0.05, 0.1) is 30.2 Å². The van der Waals surface area contributed by atoms with Crippen LogP contribution in [0.3, 0.4) is 0 Å². The number of pyridine rings is 1. The average Bonchev–Trinajstić information content (AvgIpc) is 3.10. The molecule has 4 heterocycles. The molecule has 0 fully saturated rings. The minimum absolute atomic E-state index is 0.00865. The zero-order chi connectivity index (χ0) is 21.3. The van der Waals surface area contributed by atoms with Crippen LogP contribution in [0.2, 0.25) is 0 Å². The number of nitrogens with zero attached hydrogens (tertiary/aromatic N) is 3. The predicted octanol–water partition coefficient (Wildman–Crippen LogP) is 1.38. The van der Waals surface area contributed by atoms with Gasteiger partial charge in [-0.1, -0.05) is 6.07 Å². The van der Waals surface area contributed by atoms with Crippen LogP contribution in [0.15, 0.2) is 40.2 Å². The minimum atomic E-state index is -0.437. The normalized spacial score (nSPS) is 10.9. The minimum Gasteiger partial charge on any atom is -0.490 e. The molecule has 30 heavy (non-hydrogen) atoms. The maximum Gasteiger partial charge on any atom is 0.293 e. The van der Waals surface area contributed by atoms with E-state index in [4.69, 9.17) is 4.74 Å². The molecule has 0 aromatic carbocycles. The number of methoxy groups -OCH3 is 1. The van der Waals surface area contributed by atoms with Gasteiger partial charge in [-0.2, -0.15) is 0 Å². The lowest BCUT2D eigenvalue weighted by Gasteiger charge is -2.05. The van der Waals surface area contributed by atoms with Gasteiger partial charge in [0.2, 0.25) is 5.75 Å². The first kappa shape index (κ1) is 19.5. The van der Waals surface area contributed by atoms with Crippen LogP contribution >= 0.6 is 11.3 Å². The van der Waals surface area contributed by atoms with E-state index in [1.54, 1.807) is 31.3 Å². The molecule has 4 rings (SSSR count). The monoisotopic (exact) mass is 424 g/mol. The molecule has 0 aliphatic rings. The van der Waals surface area contributed by atoms with Gasteiger partial charge in [-0.15, -0.1) is 11.3 Å². The largest absolute Gasteiger partial charge is 0.490 e. The summed E-state index contributed by atoms with van der Waals surface area (Å²) >= 11 is 1.06. The molecule has 0 unspecified atom stereocenters. The number of H-pyrrole nitrogens is 2. The Balaban J connectivity index is 1.62. The molecule has 4 aromatic heterocycles. The number of hydrogen-bond donors (Lipinski definition) is 3. The van der Waals surface area contributed by atoms with E-state index in [1.807, 2.05) is 0 Å². The summed E-state index contributed by atoms with van der Waals surface area (Å²) in [7, 11) is 1.37. The molecule has 0 aliphatic carbocycles. The number of amides is 1. The fourth-order valence-electron chi connectivity index (χ4n) is 2.84. The molecule has 1 amide bonds. The molecule has 11 heteroatoms. The third kappa shape index (κ3) is 3.57. The van der Waals surface area contributed by atoms with Gasteiger partial charge < -0.3 is 20.0 Å². The first-order chi connectivity index (χ1) is 14.5. The maximum atomic E-state index is 12.7. The third-order valence-corrected chi connectivity index (χ3v) is 5.62. The number of thiophene rings is 1. The van der Waals surface area contributed by atoms with Crippen molar-refractivity contribution < 1.29 is 9.53 Å². The number of ether oxygens (including phenoxy) is 1. The summed E-state index contributed by atoms with van der Waals surface area (Å²) in [4.78, 5) is 55.3. The van der Waals surface area contributed by atoms with Crippen molar-refractivity contribution >= 4 is 27.5 Å². The van der Waals surface area contributed by atoms with E-state index in [9.17, 15) is 14.4 Å². The average molecular weight is 424 g/mol. The summed E-state index contributed by atoms with van der Waals surface area (Å²) in [6.07, 6.45) is 2.89. The second-order valence-corrected chi connectivity index (χ2v) is 7.29. The van der Waals surface area contributed by atoms with Crippen LogP contribution in [0.5, 0.6) is 5.75 Å². The Bertz CT molecular complexity index is 1360. The van der Waals surface area contributed by atoms with Gasteiger partial charge in [0.1, 0.15) is 16.2 Å². The molecule has 3 N–H and O–H groups in total. The molecule has 10 nitrogen and oxygen atoms in total. The van der Waals surface area contributed by atoms with E-state index < -0.39 is 11.5 Å². The lowest BCUT2D eigenvalue weighted by atomic mass is 10.2. The number of nitrogens with one attached hydrogen (secondary N) is 3. The third-order valence-electron chi connectivity index (χ3n) is 4.35. The number of aromatic nitrogens is 5. The predicted molar refractivity (Wildman–Crippen MR) is 111 cm³/mol. The zero-order valence-electron chi connectivity index (χ0n) is 16.0. The van der Waals surface area contributed by atoms with Gasteiger partial charge in [0.15, 0.2) is 5.82 Å². The Morgan fingerprint density at radius 1 is 1.20 bits per heavy atom. The van der Waals surface area contributed by atoms with Gasteiger partial charge in [-0.25, -0.2) is 9.97 Å². The summed E-state index contributed by atoms with van der Waals surface area (Å²) in [5.74, 6) is 0.300. The van der Waals surface area contributed by atoms with Crippen molar-refractivity contribution in [3.8, 4) is 17.3 Å². The molecule has 0 atom stereocenters. The van der Waals surface area contributed by atoms with Crippen LogP contribution in [0.1, 0.15) is 21.1 Å². The summed E-state index contributed by atoms with van der Waals surface area (Å²) < 4.78 is 5.22. The second-order valence-electron chi connectivity index (χ2n) is 6.27. The summed E-state index contributed by atoms with van der Waals surface area (Å²) in [6, 6.07) is 5.30. The Morgan fingerprint density at radius 3 is 2.73 bits per heavy atom. The topological polar surface area (TPSA) is 143 Å². The van der Waals surface area contributed by atoms with E-state index in [0.29, 0.717) is 32.2 Å². The van der Waals surface area contributed by atoms with Crippen LogP contribution < -0.4 is 21.2 Å². The highest BCUT2D eigenvalue weighted by Gasteiger charge is 2.20. The molecular weight excluding hydrogens is 408 g/mol. The number of aromatic amines is 2. The van der Waals surface area contributed by atoms with Crippen molar-refractivity contribution in [1.82, 2.24) is 30.2 Å². The quantitative estimate of drug-likeness (QED) is 0.439. The number of carbonyl (C=O) groups is 1. The van der Waals surface area contributed by atoms with Crippen molar-refractivity contribution in [2.24, 2.45) is 0 Å². The number of rotatable bonds is 5. The van der Waals surface area contributed by atoms with Gasteiger partial charge in [0, 0.05) is 6.20 Å². The van der Waals surface area contributed by atoms with Crippen LogP contribution in [-0.4, -0.2) is 37.9 Å². The van der Waals surface area contributed by atoms with Crippen LogP contribution in [0.25, 0.3) is 21.7 Å². The van der Waals surface area contributed by atoms with Crippen molar-refractivity contribution in [1.29, 1.82) is 0 Å². The fourth-order valence-corrected chi connectivity index (χ4v) is 3.90. The van der Waals surface area contributed by atoms with Crippen molar-refractivity contribution in [2.45, 2.75) is 13.5 Å².